The predicted octanol–water partition coefficient (Wildman–Crippen LogP) is 4.45. The summed E-state index contributed by atoms with van der Waals surface area (Å²) in [6.07, 6.45) is 0. The van der Waals surface area contributed by atoms with Crippen molar-refractivity contribution in [2.75, 3.05) is 12.4 Å². The average molecular weight is 472 g/mol. The van der Waals surface area contributed by atoms with Crippen molar-refractivity contribution in [1.29, 1.82) is 0 Å². The molecular formula is C27H29N5O3. The van der Waals surface area contributed by atoms with E-state index in [1.807, 2.05) is 74.8 Å². The first-order valence-electron chi connectivity index (χ1n) is 11.4. The number of aryl methyl sites for hydroxylation is 3. The largest absolute Gasteiger partial charge is 0.465 e. The molecule has 0 saturated heterocycles. The number of benzene rings is 2. The van der Waals surface area contributed by atoms with Gasteiger partial charge in [0.15, 0.2) is 0 Å². The van der Waals surface area contributed by atoms with Crippen LogP contribution in [0.25, 0.3) is 0 Å². The Balaban J connectivity index is 1.49. The third-order valence-electron chi connectivity index (χ3n) is 6.01. The second-order valence-corrected chi connectivity index (χ2v) is 8.59. The minimum absolute atomic E-state index is 0.205. The van der Waals surface area contributed by atoms with Gasteiger partial charge in [-0.1, -0.05) is 30.3 Å². The Morgan fingerprint density at radius 2 is 1.63 bits per heavy atom. The Kier molecular flexibility index (Phi) is 6.82. The summed E-state index contributed by atoms with van der Waals surface area (Å²) < 4.78 is 8.62. The fraction of sp³-hybridized carbons (Fsp3) is 0.259. The molecule has 0 aliphatic heterocycles. The molecule has 0 saturated carbocycles. The van der Waals surface area contributed by atoms with Crippen LogP contribution >= 0.6 is 0 Å². The van der Waals surface area contributed by atoms with Crippen LogP contribution in [0.5, 0.6) is 0 Å². The zero-order chi connectivity index (χ0) is 25.1. The van der Waals surface area contributed by atoms with E-state index in [0.717, 1.165) is 28.2 Å². The first-order valence-corrected chi connectivity index (χ1v) is 11.4. The van der Waals surface area contributed by atoms with Crippen molar-refractivity contribution in [3.63, 3.8) is 0 Å². The van der Waals surface area contributed by atoms with Gasteiger partial charge in [-0.3, -0.25) is 14.2 Å². The van der Waals surface area contributed by atoms with Crippen LogP contribution in [0.1, 0.15) is 54.6 Å². The highest BCUT2D eigenvalue weighted by Crippen LogP contribution is 2.22. The summed E-state index contributed by atoms with van der Waals surface area (Å²) in [7, 11) is 1.36. The summed E-state index contributed by atoms with van der Waals surface area (Å²) in [5.41, 5.74) is 7.16. The maximum Gasteiger partial charge on any atom is 0.338 e. The lowest BCUT2D eigenvalue weighted by Gasteiger charge is -2.10. The number of carbonyl (C=O) groups excluding carboxylic acids is 2. The van der Waals surface area contributed by atoms with Crippen molar-refractivity contribution in [3.05, 3.63) is 99.6 Å². The van der Waals surface area contributed by atoms with Crippen LogP contribution in [0, 0.1) is 27.7 Å². The summed E-state index contributed by atoms with van der Waals surface area (Å²) in [6.45, 7) is 8.78. The van der Waals surface area contributed by atoms with E-state index in [9.17, 15) is 9.59 Å². The minimum Gasteiger partial charge on any atom is -0.465 e. The molecule has 180 valence electrons. The molecule has 0 aliphatic carbocycles. The molecule has 0 bridgehead atoms. The zero-order valence-corrected chi connectivity index (χ0v) is 20.6. The van der Waals surface area contributed by atoms with Gasteiger partial charge in [0.1, 0.15) is 0 Å². The Labute approximate surface area is 204 Å². The predicted molar refractivity (Wildman–Crippen MR) is 134 cm³/mol. The molecule has 2 aromatic carbocycles. The highest BCUT2D eigenvalue weighted by atomic mass is 16.5. The molecule has 8 nitrogen and oxygen atoms in total. The molecule has 2 aromatic heterocycles. The number of carbonyl (C=O) groups is 2. The number of aromatic nitrogens is 4. The number of hydrogen-bond acceptors (Lipinski definition) is 5. The molecule has 2 heterocycles. The summed E-state index contributed by atoms with van der Waals surface area (Å²) >= 11 is 0. The van der Waals surface area contributed by atoms with Gasteiger partial charge in [-0.15, -0.1) is 0 Å². The fourth-order valence-corrected chi connectivity index (χ4v) is 4.12. The molecule has 1 N–H and O–H groups in total. The monoisotopic (exact) mass is 471 g/mol. The van der Waals surface area contributed by atoms with Crippen LogP contribution in [0.2, 0.25) is 0 Å². The van der Waals surface area contributed by atoms with Gasteiger partial charge in [-0.2, -0.15) is 10.2 Å². The quantitative estimate of drug-likeness (QED) is 0.402. The molecule has 0 fully saturated rings. The molecule has 4 rings (SSSR count). The van der Waals surface area contributed by atoms with Gasteiger partial charge in [0.25, 0.3) is 5.91 Å². The van der Waals surface area contributed by atoms with Crippen molar-refractivity contribution in [1.82, 2.24) is 19.6 Å². The SMILES string of the molecule is COC(=O)c1ccccc1Cn1nc(C)c(NC(=O)c2ccc(Cn3nc(C)cc3C)cc2)c1C. The van der Waals surface area contributed by atoms with Gasteiger partial charge in [0.2, 0.25) is 0 Å². The highest BCUT2D eigenvalue weighted by molar-refractivity contribution is 6.04. The summed E-state index contributed by atoms with van der Waals surface area (Å²) in [4.78, 5) is 25.1. The topological polar surface area (TPSA) is 91.0 Å². The van der Waals surface area contributed by atoms with Crippen molar-refractivity contribution < 1.29 is 14.3 Å². The molecule has 0 atom stereocenters. The molecule has 1 amide bonds. The first-order chi connectivity index (χ1) is 16.8. The number of methoxy groups -OCH3 is 1. The number of nitrogens with zero attached hydrogens (tertiary/aromatic N) is 4. The average Bonchev–Trinajstić information content (AvgIpc) is 3.30. The smallest absolute Gasteiger partial charge is 0.338 e. The molecule has 0 radical (unpaired) electrons. The van der Waals surface area contributed by atoms with E-state index in [-0.39, 0.29) is 5.91 Å². The maximum absolute atomic E-state index is 13.0. The van der Waals surface area contributed by atoms with E-state index in [1.54, 1.807) is 16.8 Å². The molecule has 0 unspecified atom stereocenters. The van der Waals surface area contributed by atoms with Gasteiger partial charge in [0.05, 0.1) is 48.5 Å². The molecule has 0 aliphatic rings. The first kappa shape index (κ1) is 23.9. The zero-order valence-electron chi connectivity index (χ0n) is 20.6. The molecule has 4 aromatic rings. The fourth-order valence-electron chi connectivity index (χ4n) is 4.12. The number of esters is 1. The number of anilines is 1. The normalized spacial score (nSPS) is 10.9. The third kappa shape index (κ3) is 5.16. The Bertz CT molecular complexity index is 1380. The van der Waals surface area contributed by atoms with Crippen molar-refractivity contribution >= 4 is 17.6 Å². The standard InChI is InChI=1S/C27H29N5O3/c1-17-14-18(2)31(29-17)15-21-10-12-22(13-11-21)26(33)28-25-19(3)30-32(20(25)4)16-23-8-6-7-9-24(23)27(34)35-5/h6-14H,15-16H2,1-5H3,(H,28,33). The number of hydrogen-bond donors (Lipinski definition) is 1. The van der Waals surface area contributed by atoms with Gasteiger partial charge >= 0.3 is 5.97 Å². The summed E-state index contributed by atoms with van der Waals surface area (Å²) in [6, 6.07) is 16.8. The summed E-state index contributed by atoms with van der Waals surface area (Å²) in [5, 5.41) is 12.1. The number of rotatable bonds is 7. The van der Waals surface area contributed by atoms with Crippen LogP contribution in [-0.4, -0.2) is 38.5 Å². The van der Waals surface area contributed by atoms with Crippen LogP contribution in [-0.2, 0) is 17.8 Å². The third-order valence-corrected chi connectivity index (χ3v) is 6.01. The van der Waals surface area contributed by atoms with E-state index in [2.05, 4.69) is 15.5 Å². The number of amides is 1. The van der Waals surface area contributed by atoms with Crippen LogP contribution in [0.15, 0.2) is 54.6 Å². The number of nitrogens with one attached hydrogen (secondary N) is 1. The lowest BCUT2D eigenvalue weighted by Crippen LogP contribution is -2.14. The van der Waals surface area contributed by atoms with Gasteiger partial charge in [-0.05, 0) is 63.1 Å². The van der Waals surface area contributed by atoms with Crippen molar-refractivity contribution in [2.24, 2.45) is 0 Å². The lowest BCUT2D eigenvalue weighted by molar-refractivity contribution is 0.0599. The van der Waals surface area contributed by atoms with Gasteiger partial charge < -0.3 is 10.1 Å². The van der Waals surface area contributed by atoms with Crippen LogP contribution < -0.4 is 5.32 Å². The lowest BCUT2D eigenvalue weighted by atomic mass is 10.1. The number of ether oxygens (including phenoxy) is 1. The molecule has 8 heteroatoms. The second-order valence-electron chi connectivity index (χ2n) is 8.59. The van der Waals surface area contributed by atoms with Crippen LogP contribution in [0.3, 0.4) is 0 Å². The second kappa shape index (κ2) is 9.97. The summed E-state index contributed by atoms with van der Waals surface area (Å²) in [5.74, 6) is -0.597. The van der Waals surface area contributed by atoms with E-state index >= 15 is 0 Å². The Hall–Kier alpha value is -4.20. The molecule has 35 heavy (non-hydrogen) atoms. The molecular weight excluding hydrogens is 442 g/mol. The Morgan fingerprint density at radius 3 is 2.29 bits per heavy atom. The maximum atomic E-state index is 13.0. The van der Waals surface area contributed by atoms with Gasteiger partial charge in [0, 0.05) is 11.3 Å². The van der Waals surface area contributed by atoms with E-state index in [4.69, 9.17) is 4.74 Å². The molecule has 0 spiro atoms. The van der Waals surface area contributed by atoms with Gasteiger partial charge in [-0.25, -0.2) is 4.79 Å². The highest BCUT2D eigenvalue weighted by Gasteiger charge is 2.18. The van der Waals surface area contributed by atoms with E-state index in [1.165, 1.54) is 7.11 Å². The minimum atomic E-state index is -0.392. The van der Waals surface area contributed by atoms with E-state index < -0.39 is 5.97 Å². The Morgan fingerprint density at radius 1 is 0.914 bits per heavy atom. The van der Waals surface area contributed by atoms with E-state index in [0.29, 0.717) is 35.6 Å². The van der Waals surface area contributed by atoms with Crippen LogP contribution in [0.4, 0.5) is 5.69 Å². The van der Waals surface area contributed by atoms with Crippen molar-refractivity contribution in [2.45, 2.75) is 40.8 Å². The van der Waals surface area contributed by atoms with Crippen molar-refractivity contribution in [3.8, 4) is 0 Å².